The molecule has 0 aromatic rings. The molecule has 0 N–H and O–H groups in total. The van der Waals surface area contributed by atoms with Gasteiger partial charge in [-0.15, -0.1) is 0 Å². The molecule has 1 amide bonds. The van der Waals surface area contributed by atoms with Gasteiger partial charge in [-0.1, -0.05) is 0 Å². The minimum atomic E-state index is -2.80. The molecule has 0 aromatic carbocycles. The van der Waals surface area contributed by atoms with Crippen LogP contribution in [0.2, 0.25) is 0 Å². The second kappa shape index (κ2) is 6.71. The zero-order valence-corrected chi connectivity index (χ0v) is 15.1. The highest BCUT2D eigenvalue weighted by Gasteiger charge is 2.40. The van der Waals surface area contributed by atoms with Gasteiger partial charge in [0.05, 0.1) is 11.5 Å². The smallest absolute Gasteiger partial charge is 0.222 e. The maximum absolute atomic E-state index is 11.9. The number of carbonyl (C=O) groups excluding carboxylic acids is 1. The van der Waals surface area contributed by atoms with Gasteiger partial charge >= 0.3 is 0 Å². The van der Waals surface area contributed by atoms with Crippen molar-refractivity contribution in [2.24, 2.45) is 11.3 Å². The zero-order valence-electron chi connectivity index (χ0n) is 14.3. The van der Waals surface area contributed by atoms with E-state index in [0.29, 0.717) is 35.2 Å². The Morgan fingerprint density at radius 2 is 1.96 bits per heavy atom. The van der Waals surface area contributed by atoms with Crippen molar-refractivity contribution in [3.63, 3.8) is 0 Å². The Morgan fingerprint density at radius 3 is 2.61 bits per heavy atom. The molecule has 6 heteroatoms. The first-order valence-electron chi connectivity index (χ1n) is 9.12. The van der Waals surface area contributed by atoms with E-state index in [-0.39, 0.29) is 0 Å². The van der Waals surface area contributed by atoms with Crippen LogP contribution in [0.4, 0.5) is 0 Å². The van der Waals surface area contributed by atoms with E-state index < -0.39 is 9.84 Å². The first-order chi connectivity index (χ1) is 10.9. The Kier molecular flexibility index (Phi) is 5.02. The molecule has 5 nitrogen and oxygen atoms in total. The fourth-order valence-corrected chi connectivity index (χ4v) is 6.40. The van der Waals surface area contributed by atoms with E-state index in [1.807, 2.05) is 4.90 Å². The first-order valence-corrected chi connectivity index (χ1v) is 10.9. The summed E-state index contributed by atoms with van der Waals surface area (Å²) in [5.41, 5.74) is 0.319. The lowest BCUT2D eigenvalue weighted by atomic mass is 9.72. The largest absolute Gasteiger partial charge is 0.342 e. The Morgan fingerprint density at radius 1 is 1.22 bits per heavy atom. The number of nitrogens with zero attached hydrogens (tertiary/aromatic N) is 2. The van der Waals surface area contributed by atoms with Crippen LogP contribution in [-0.2, 0) is 14.6 Å². The number of rotatable bonds is 3. The Bertz CT molecular complexity index is 538. The SMILES string of the molecule is CCN1CC2(CCC1=O)CCN(C[C@H]1CCCS(=O)(=O)C1)CC2. The van der Waals surface area contributed by atoms with Gasteiger partial charge in [-0.25, -0.2) is 8.42 Å². The molecule has 0 aliphatic carbocycles. The fourth-order valence-electron chi connectivity index (χ4n) is 4.64. The van der Waals surface area contributed by atoms with E-state index in [1.54, 1.807) is 0 Å². The summed E-state index contributed by atoms with van der Waals surface area (Å²) < 4.78 is 23.6. The highest BCUT2D eigenvalue weighted by Crippen LogP contribution is 2.40. The standard InChI is InChI=1S/C17H30N2O3S/c1-2-19-14-17(6-5-16(19)20)7-9-18(10-8-17)12-15-4-3-11-23(21,22)13-15/h15H,2-14H2,1H3/t15-/m1/s1. The molecular weight excluding hydrogens is 312 g/mol. The quantitative estimate of drug-likeness (QED) is 0.781. The maximum atomic E-state index is 11.9. The van der Waals surface area contributed by atoms with E-state index in [2.05, 4.69) is 11.8 Å². The van der Waals surface area contributed by atoms with Crippen molar-refractivity contribution in [3.05, 3.63) is 0 Å². The average Bonchev–Trinajstić information content (AvgIpc) is 2.51. The Balaban J connectivity index is 1.51. The molecule has 0 saturated carbocycles. The van der Waals surface area contributed by atoms with E-state index in [4.69, 9.17) is 0 Å². The van der Waals surface area contributed by atoms with Gasteiger partial charge in [0.25, 0.3) is 0 Å². The summed E-state index contributed by atoms with van der Waals surface area (Å²) in [7, 11) is -2.80. The number of likely N-dealkylation sites (tertiary alicyclic amines) is 2. The van der Waals surface area contributed by atoms with Gasteiger partial charge in [-0.3, -0.25) is 4.79 Å². The molecule has 3 heterocycles. The molecule has 0 radical (unpaired) electrons. The highest BCUT2D eigenvalue weighted by molar-refractivity contribution is 7.91. The minimum absolute atomic E-state index is 0.313. The first kappa shape index (κ1) is 17.2. The van der Waals surface area contributed by atoms with E-state index in [0.717, 1.165) is 64.8 Å². The fraction of sp³-hybridized carbons (Fsp3) is 0.941. The minimum Gasteiger partial charge on any atom is -0.342 e. The molecule has 23 heavy (non-hydrogen) atoms. The predicted octanol–water partition coefficient (Wildman–Crippen LogP) is 1.54. The van der Waals surface area contributed by atoms with Crippen molar-refractivity contribution in [2.75, 3.05) is 44.2 Å². The van der Waals surface area contributed by atoms with Crippen LogP contribution in [0.25, 0.3) is 0 Å². The topological polar surface area (TPSA) is 57.7 Å². The number of carbonyl (C=O) groups is 1. The molecule has 1 atom stereocenters. The summed E-state index contributed by atoms with van der Waals surface area (Å²) in [6, 6.07) is 0. The average molecular weight is 343 g/mol. The second-order valence-corrected chi connectivity index (χ2v) is 10.1. The summed E-state index contributed by atoms with van der Waals surface area (Å²) >= 11 is 0. The van der Waals surface area contributed by atoms with Crippen molar-refractivity contribution in [1.29, 1.82) is 0 Å². The second-order valence-electron chi connectivity index (χ2n) is 7.83. The molecule has 3 aliphatic heterocycles. The van der Waals surface area contributed by atoms with Crippen molar-refractivity contribution >= 4 is 15.7 Å². The summed E-state index contributed by atoms with van der Waals surface area (Å²) in [5, 5.41) is 0. The summed E-state index contributed by atoms with van der Waals surface area (Å²) in [6.45, 7) is 6.87. The van der Waals surface area contributed by atoms with Crippen LogP contribution >= 0.6 is 0 Å². The van der Waals surface area contributed by atoms with Crippen LogP contribution < -0.4 is 0 Å². The highest BCUT2D eigenvalue weighted by atomic mass is 32.2. The molecule has 132 valence electrons. The van der Waals surface area contributed by atoms with Gasteiger partial charge < -0.3 is 9.80 Å². The monoisotopic (exact) mass is 342 g/mol. The lowest BCUT2D eigenvalue weighted by Crippen LogP contribution is -2.52. The normalized spacial score (nSPS) is 31.4. The molecule has 3 saturated heterocycles. The van der Waals surface area contributed by atoms with Gasteiger partial charge in [0, 0.05) is 26.1 Å². The van der Waals surface area contributed by atoms with Crippen LogP contribution in [-0.4, -0.2) is 68.4 Å². The Labute approximate surface area is 140 Å². The molecule has 0 aromatic heterocycles. The summed E-state index contributed by atoms with van der Waals surface area (Å²) in [4.78, 5) is 16.4. The molecule has 0 unspecified atom stereocenters. The Hall–Kier alpha value is -0.620. The molecule has 3 aliphatic rings. The van der Waals surface area contributed by atoms with Crippen molar-refractivity contribution in [3.8, 4) is 0 Å². The third kappa shape index (κ3) is 4.08. The van der Waals surface area contributed by atoms with Crippen molar-refractivity contribution < 1.29 is 13.2 Å². The van der Waals surface area contributed by atoms with Crippen LogP contribution in [0.3, 0.4) is 0 Å². The predicted molar refractivity (Wildman–Crippen MR) is 91.0 cm³/mol. The van der Waals surface area contributed by atoms with E-state index in [9.17, 15) is 13.2 Å². The van der Waals surface area contributed by atoms with Gasteiger partial charge in [0.1, 0.15) is 0 Å². The number of amides is 1. The van der Waals surface area contributed by atoms with Crippen LogP contribution in [0.1, 0.15) is 45.4 Å². The van der Waals surface area contributed by atoms with Crippen molar-refractivity contribution in [1.82, 2.24) is 9.80 Å². The summed E-state index contributed by atoms with van der Waals surface area (Å²) in [5.74, 6) is 1.40. The molecular formula is C17H30N2O3S. The number of piperidine rings is 2. The van der Waals surface area contributed by atoms with Crippen LogP contribution in [0.5, 0.6) is 0 Å². The summed E-state index contributed by atoms with van der Waals surface area (Å²) in [6.07, 6.45) is 5.92. The van der Waals surface area contributed by atoms with Gasteiger partial charge in [0.2, 0.25) is 5.91 Å². The number of sulfone groups is 1. The third-order valence-corrected chi connectivity index (χ3v) is 8.01. The van der Waals surface area contributed by atoms with Crippen molar-refractivity contribution in [2.45, 2.75) is 45.4 Å². The lowest BCUT2D eigenvalue weighted by molar-refractivity contribution is -0.138. The maximum Gasteiger partial charge on any atom is 0.222 e. The van der Waals surface area contributed by atoms with Crippen LogP contribution in [0.15, 0.2) is 0 Å². The molecule has 3 fully saturated rings. The third-order valence-electron chi connectivity index (χ3n) is 6.12. The van der Waals surface area contributed by atoms with Crippen LogP contribution in [0, 0.1) is 11.3 Å². The van der Waals surface area contributed by atoms with E-state index >= 15 is 0 Å². The van der Waals surface area contributed by atoms with Gasteiger partial charge in [0.15, 0.2) is 9.84 Å². The van der Waals surface area contributed by atoms with Gasteiger partial charge in [-0.05, 0) is 63.5 Å². The van der Waals surface area contributed by atoms with E-state index in [1.165, 1.54) is 0 Å². The lowest BCUT2D eigenvalue weighted by Gasteiger charge is -2.47. The molecule has 3 rings (SSSR count). The molecule has 0 bridgehead atoms. The molecule has 1 spiro atoms. The van der Waals surface area contributed by atoms with Gasteiger partial charge in [-0.2, -0.15) is 0 Å². The number of hydrogen-bond donors (Lipinski definition) is 0. The zero-order chi connectivity index (χ0) is 16.5. The number of hydrogen-bond acceptors (Lipinski definition) is 4.